The average Bonchev–Trinajstić information content (AvgIpc) is 2.20. The maximum atomic E-state index is 5.45. The van der Waals surface area contributed by atoms with Crippen molar-refractivity contribution in [1.29, 1.82) is 0 Å². The van der Waals surface area contributed by atoms with E-state index in [1.165, 1.54) is 5.57 Å². The van der Waals surface area contributed by atoms with Crippen LogP contribution in [0.25, 0.3) is 0 Å². The van der Waals surface area contributed by atoms with Gasteiger partial charge in [-0.05, 0) is 13.8 Å². The Bertz CT molecular complexity index is 183. The molecule has 0 saturated carbocycles. The first-order valence-electron chi connectivity index (χ1n) is 5.13. The summed E-state index contributed by atoms with van der Waals surface area (Å²) < 4.78 is 15.9. The van der Waals surface area contributed by atoms with E-state index in [1.807, 2.05) is 19.9 Å². The molecule has 1 atom stereocenters. The minimum absolute atomic E-state index is 0.0152. The topological polar surface area (TPSA) is 27.7 Å². The summed E-state index contributed by atoms with van der Waals surface area (Å²) >= 11 is 0. The molecule has 0 saturated heterocycles. The standard InChI is InChI=1S/C12H22O3/c1-5-7-15-12(9-13-4)10-14-8-6-11(2)3/h5-6,12H,1,7-10H2,2-4H3. The highest BCUT2D eigenvalue weighted by Gasteiger charge is 2.07. The van der Waals surface area contributed by atoms with Crippen molar-refractivity contribution < 1.29 is 14.2 Å². The molecule has 0 aromatic heterocycles. The Morgan fingerprint density at radius 1 is 1.27 bits per heavy atom. The normalized spacial score (nSPS) is 12.2. The quantitative estimate of drug-likeness (QED) is 0.435. The first-order valence-corrected chi connectivity index (χ1v) is 5.13. The SMILES string of the molecule is C=CCOC(COC)COCC=C(C)C. The molecule has 0 aliphatic carbocycles. The average molecular weight is 214 g/mol. The second-order valence-electron chi connectivity index (χ2n) is 3.52. The number of rotatable bonds is 9. The van der Waals surface area contributed by atoms with Crippen LogP contribution >= 0.6 is 0 Å². The molecule has 0 bridgehead atoms. The van der Waals surface area contributed by atoms with Gasteiger partial charge in [0.1, 0.15) is 6.10 Å². The largest absolute Gasteiger partial charge is 0.382 e. The van der Waals surface area contributed by atoms with Gasteiger partial charge >= 0.3 is 0 Å². The van der Waals surface area contributed by atoms with Crippen molar-refractivity contribution in [1.82, 2.24) is 0 Å². The van der Waals surface area contributed by atoms with Crippen LogP contribution in [0.15, 0.2) is 24.3 Å². The molecule has 0 aromatic carbocycles. The lowest BCUT2D eigenvalue weighted by Crippen LogP contribution is -2.25. The van der Waals surface area contributed by atoms with Gasteiger partial charge in [-0.3, -0.25) is 0 Å². The molecule has 0 aromatic rings. The molecule has 3 nitrogen and oxygen atoms in total. The van der Waals surface area contributed by atoms with Gasteiger partial charge < -0.3 is 14.2 Å². The number of hydrogen-bond acceptors (Lipinski definition) is 3. The summed E-state index contributed by atoms with van der Waals surface area (Å²) in [5, 5.41) is 0. The first-order chi connectivity index (χ1) is 7.20. The fourth-order valence-corrected chi connectivity index (χ4v) is 0.959. The molecule has 0 fully saturated rings. The highest BCUT2D eigenvalue weighted by Crippen LogP contribution is 1.96. The molecule has 0 aliphatic heterocycles. The van der Waals surface area contributed by atoms with Crippen molar-refractivity contribution in [3.8, 4) is 0 Å². The van der Waals surface area contributed by atoms with Gasteiger partial charge in [0.15, 0.2) is 0 Å². The van der Waals surface area contributed by atoms with E-state index in [0.717, 1.165) is 0 Å². The van der Waals surface area contributed by atoms with E-state index >= 15 is 0 Å². The van der Waals surface area contributed by atoms with Crippen LogP contribution in [0.2, 0.25) is 0 Å². The van der Waals surface area contributed by atoms with Gasteiger partial charge in [0.05, 0.1) is 26.4 Å². The third kappa shape index (κ3) is 9.66. The second kappa shape index (κ2) is 9.90. The van der Waals surface area contributed by atoms with E-state index in [9.17, 15) is 0 Å². The molecule has 3 heteroatoms. The van der Waals surface area contributed by atoms with Crippen LogP contribution in [0.1, 0.15) is 13.8 Å². The van der Waals surface area contributed by atoms with Crippen LogP contribution in [0, 0.1) is 0 Å². The smallest absolute Gasteiger partial charge is 0.104 e. The summed E-state index contributed by atoms with van der Waals surface area (Å²) in [6, 6.07) is 0. The zero-order valence-electron chi connectivity index (χ0n) is 9.99. The molecule has 0 rings (SSSR count). The van der Waals surface area contributed by atoms with Crippen LogP contribution in [-0.2, 0) is 14.2 Å². The van der Waals surface area contributed by atoms with Crippen molar-refractivity contribution in [2.45, 2.75) is 20.0 Å². The third-order valence-corrected chi connectivity index (χ3v) is 1.72. The van der Waals surface area contributed by atoms with Gasteiger partial charge in [-0.1, -0.05) is 17.7 Å². The molecule has 0 N–H and O–H groups in total. The molecule has 0 radical (unpaired) electrons. The predicted octanol–water partition coefficient (Wildman–Crippen LogP) is 2.19. The van der Waals surface area contributed by atoms with Gasteiger partial charge in [0.2, 0.25) is 0 Å². The van der Waals surface area contributed by atoms with Gasteiger partial charge in [-0.25, -0.2) is 0 Å². The lowest BCUT2D eigenvalue weighted by Gasteiger charge is -2.15. The van der Waals surface area contributed by atoms with Crippen LogP contribution in [-0.4, -0.2) is 39.6 Å². The fourth-order valence-electron chi connectivity index (χ4n) is 0.959. The van der Waals surface area contributed by atoms with Gasteiger partial charge in [-0.2, -0.15) is 0 Å². The molecule has 0 heterocycles. The van der Waals surface area contributed by atoms with Crippen molar-refractivity contribution in [2.75, 3.05) is 33.5 Å². The number of allylic oxidation sites excluding steroid dienone is 1. The van der Waals surface area contributed by atoms with Gasteiger partial charge in [0, 0.05) is 7.11 Å². The maximum Gasteiger partial charge on any atom is 0.104 e. The minimum Gasteiger partial charge on any atom is -0.382 e. The van der Waals surface area contributed by atoms with Crippen LogP contribution in [0.3, 0.4) is 0 Å². The van der Waals surface area contributed by atoms with Gasteiger partial charge in [-0.15, -0.1) is 6.58 Å². The summed E-state index contributed by atoms with van der Waals surface area (Å²) in [5.41, 5.74) is 1.25. The molecule has 0 spiro atoms. The van der Waals surface area contributed by atoms with Crippen LogP contribution < -0.4 is 0 Å². The molecule has 0 amide bonds. The highest BCUT2D eigenvalue weighted by molar-refractivity contribution is 4.92. The Hall–Kier alpha value is -0.640. The van der Waals surface area contributed by atoms with Crippen LogP contribution in [0.4, 0.5) is 0 Å². The summed E-state index contributed by atoms with van der Waals surface area (Å²) in [4.78, 5) is 0. The van der Waals surface area contributed by atoms with Crippen molar-refractivity contribution in [3.05, 3.63) is 24.3 Å². The monoisotopic (exact) mass is 214 g/mol. The van der Waals surface area contributed by atoms with E-state index in [4.69, 9.17) is 14.2 Å². The first kappa shape index (κ1) is 14.4. The third-order valence-electron chi connectivity index (χ3n) is 1.72. The molecule has 15 heavy (non-hydrogen) atoms. The highest BCUT2D eigenvalue weighted by atomic mass is 16.6. The molecular formula is C12H22O3. The molecule has 0 aliphatic rings. The summed E-state index contributed by atoms with van der Waals surface area (Å²) in [5.74, 6) is 0. The minimum atomic E-state index is -0.0152. The molecular weight excluding hydrogens is 192 g/mol. The van der Waals surface area contributed by atoms with Gasteiger partial charge in [0.25, 0.3) is 0 Å². The molecule has 88 valence electrons. The summed E-state index contributed by atoms with van der Waals surface area (Å²) in [7, 11) is 1.65. The molecule has 1 unspecified atom stereocenters. The Morgan fingerprint density at radius 3 is 2.53 bits per heavy atom. The number of ether oxygens (including phenoxy) is 3. The van der Waals surface area contributed by atoms with Crippen molar-refractivity contribution in [3.63, 3.8) is 0 Å². The Morgan fingerprint density at radius 2 is 2.00 bits per heavy atom. The summed E-state index contributed by atoms with van der Waals surface area (Å²) in [6.45, 7) is 9.93. The Labute approximate surface area is 92.7 Å². The van der Waals surface area contributed by atoms with E-state index < -0.39 is 0 Å². The Balaban J connectivity index is 3.64. The summed E-state index contributed by atoms with van der Waals surface area (Å²) in [6.07, 6.45) is 3.74. The maximum absolute atomic E-state index is 5.45. The zero-order chi connectivity index (χ0) is 11.5. The lowest BCUT2D eigenvalue weighted by molar-refractivity contribution is -0.0372. The van der Waals surface area contributed by atoms with E-state index in [1.54, 1.807) is 13.2 Å². The van der Waals surface area contributed by atoms with E-state index in [2.05, 4.69) is 6.58 Å². The van der Waals surface area contributed by atoms with E-state index in [-0.39, 0.29) is 6.10 Å². The Kier molecular flexibility index (Phi) is 9.48. The zero-order valence-corrected chi connectivity index (χ0v) is 9.99. The number of methoxy groups -OCH3 is 1. The predicted molar refractivity (Wildman–Crippen MR) is 62.1 cm³/mol. The fraction of sp³-hybridized carbons (Fsp3) is 0.667. The van der Waals surface area contributed by atoms with Crippen molar-refractivity contribution in [2.24, 2.45) is 0 Å². The number of hydrogen-bond donors (Lipinski definition) is 0. The van der Waals surface area contributed by atoms with E-state index in [0.29, 0.717) is 26.4 Å². The van der Waals surface area contributed by atoms with Crippen molar-refractivity contribution >= 4 is 0 Å². The second-order valence-corrected chi connectivity index (χ2v) is 3.52. The lowest BCUT2D eigenvalue weighted by atomic mass is 10.3. The van der Waals surface area contributed by atoms with Crippen LogP contribution in [0.5, 0.6) is 0 Å².